The second kappa shape index (κ2) is 3.66. The zero-order chi connectivity index (χ0) is 9.26. The van der Waals surface area contributed by atoms with Crippen LogP contribution >= 0.6 is 15.9 Å². The average molecular weight is 242 g/mol. The summed E-state index contributed by atoms with van der Waals surface area (Å²) in [6, 6.07) is 0. The summed E-state index contributed by atoms with van der Waals surface area (Å²) in [5, 5.41) is 12.2. The molecule has 70 valence electrons. The Morgan fingerprint density at radius 1 is 1.54 bits per heavy atom. The number of fused-ring (bicyclic) bond motifs is 1. The second-order valence-corrected chi connectivity index (χ2v) is 4.48. The molecule has 0 bridgehead atoms. The molecule has 0 radical (unpaired) electrons. The summed E-state index contributed by atoms with van der Waals surface area (Å²) in [4.78, 5) is 0. The molecule has 1 N–H and O–H groups in total. The maximum atomic E-state index is 8.83. The Labute approximate surface area is 86.1 Å². The first-order chi connectivity index (χ1) is 6.31. The van der Waals surface area contributed by atoms with Crippen molar-refractivity contribution in [1.82, 2.24) is 0 Å². The highest BCUT2D eigenvalue weighted by Gasteiger charge is 2.25. The highest BCUT2D eigenvalue weighted by Crippen LogP contribution is 2.35. The molecule has 0 heterocycles. The van der Waals surface area contributed by atoms with E-state index in [9.17, 15) is 0 Å². The topological polar surface area (TPSA) is 32.6 Å². The third-order valence-corrected chi connectivity index (χ3v) is 3.30. The van der Waals surface area contributed by atoms with Crippen molar-refractivity contribution in [3.63, 3.8) is 0 Å². The van der Waals surface area contributed by atoms with Crippen molar-refractivity contribution < 1.29 is 5.21 Å². The third kappa shape index (κ3) is 1.70. The van der Waals surface area contributed by atoms with Gasteiger partial charge in [-0.3, -0.25) is 0 Å². The lowest BCUT2D eigenvalue weighted by Gasteiger charge is -2.27. The van der Waals surface area contributed by atoms with Crippen LogP contribution in [0.3, 0.4) is 0 Å². The Bertz CT molecular complexity index is 304. The molecule has 0 aliphatic heterocycles. The summed E-state index contributed by atoms with van der Waals surface area (Å²) in [7, 11) is 0. The van der Waals surface area contributed by atoms with Crippen LogP contribution in [0.2, 0.25) is 0 Å². The second-order valence-electron chi connectivity index (χ2n) is 3.56. The summed E-state index contributed by atoms with van der Waals surface area (Å²) >= 11 is 3.46. The average Bonchev–Trinajstić information content (AvgIpc) is 2.17. The van der Waals surface area contributed by atoms with Crippen molar-refractivity contribution >= 4 is 21.6 Å². The zero-order valence-electron chi connectivity index (χ0n) is 7.33. The van der Waals surface area contributed by atoms with Gasteiger partial charge >= 0.3 is 0 Å². The van der Waals surface area contributed by atoms with Crippen molar-refractivity contribution in [2.45, 2.75) is 25.7 Å². The van der Waals surface area contributed by atoms with Gasteiger partial charge in [0.2, 0.25) is 0 Å². The number of hydrogen-bond donors (Lipinski definition) is 1. The molecular weight excluding hydrogens is 230 g/mol. The lowest BCUT2D eigenvalue weighted by atomic mass is 9.79. The predicted molar refractivity (Wildman–Crippen MR) is 56.3 cm³/mol. The highest BCUT2D eigenvalue weighted by atomic mass is 79.9. The molecule has 0 aromatic carbocycles. The van der Waals surface area contributed by atoms with E-state index in [1.807, 2.05) is 0 Å². The Morgan fingerprint density at radius 3 is 3.15 bits per heavy atom. The first kappa shape index (κ1) is 9.00. The Balaban J connectivity index is 2.32. The van der Waals surface area contributed by atoms with Crippen LogP contribution in [-0.4, -0.2) is 10.9 Å². The molecule has 0 saturated heterocycles. The molecule has 3 heteroatoms. The van der Waals surface area contributed by atoms with E-state index in [2.05, 4.69) is 33.2 Å². The Morgan fingerprint density at radius 2 is 2.38 bits per heavy atom. The van der Waals surface area contributed by atoms with Crippen molar-refractivity contribution in [1.29, 1.82) is 0 Å². The quantitative estimate of drug-likeness (QED) is 0.513. The maximum absolute atomic E-state index is 8.83. The number of halogens is 1. The Kier molecular flexibility index (Phi) is 2.54. The van der Waals surface area contributed by atoms with E-state index in [1.165, 1.54) is 12.0 Å². The van der Waals surface area contributed by atoms with Gasteiger partial charge in [0.05, 0.1) is 5.71 Å². The van der Waals surface area contributed by atoms with E-state index < -0.39 is 0 Å². The van der Waals surface area contributed by atoms with Gasteiger partial charge in [-0.2, -0.15) is 0 Å². The van der Waals surface area contributed by atoms with Crippen LogP contribution in [0.1, 0.15) is 25.7 Å². The summed E-state index contributed by atoms with van der Waals surface area (Å²) in [6.07, 6.45) is 8.63. The molecule has 0 aromatic heterocycles. The van der Waals surface area contributed by atoms with Crippen molar-refractivity contribution in [2.75, 3.05) is 0 Å². The van der Waals surface area contributed by atoms with Crippen molar-refractivity contribution in [3.05, 3.63) is 22.2 Å². The van der Waals surface area contributed by atoms with Crippen LogP contribution in [0, 0.1) is 5.92 Å². The van der Waals surface area contributed by atoms with Gasteiger partial charge in [-0.1, -0.05) is 27.2 Å². The standard InChI is InChI=1S/C10H12BrNO/c11-8-5-4-7-2-1-3-10(12-13)9(7)6-8/h5-7,13H,1-4H2. The molecule has 1 unspecified atom stereocenters. The van der Waals surface area contributed by atoms with Gasteiger partial charge in [0.1, 0.15) is 0 Å². The van der Waals surface area contributed by atoms with Gasteiger partial charge < -0.3 is 5.21 Å². The molecular formula is C10H12BrNO. The minimum absolute atomic E-state index is 0.584. The Hall–Kier alpha value is -0.570. The molecule has 1 fully saturated rings. The van der Waals surface area contributed by atoms with Crippen LogP contribution in [0.25, 0.3) is 0 Å². The van der Waals surface area contributed by atoms with Gasteiger partial charge in [0, 0.05) is 4.48 Å². The van der Waals surface area contributed by atoms with E-state index in [4.69, 9.17) is 5.21 Å². The molecule has 1 atom stereocenters. The minimum Gasteiger partial charge on any atom is -0.411 e. The summed E-state index contributed by atoms with van der Waals surface area (Å²) in [5.41, 5.74) is 2.10. The number of allylic oxidation sites excluding steroid dienone is 4. The van der Waals surface area contributed by atoms with Crippen molar-refractivity contribution in [2.24, 2.45) is 11.1 Å². The van der Waals surface area contributed by atoms with Crippen LogP contribution < -0.4 is 0 Å². The molecule has 2 aliphatic rings. The molecule has 1 saturated carbocycles. The monoisotopic (exact) mass is 241 g/mol. The normalized spacial score (nSPS) is 30.8. The lowest BCUT2D eigenvalue weighted by Crippen LogP contribution is -2.20. The van der Waals surface area contributed by atoms with Crippen LogP contribution in [0.15, 0.2) is 27.4 Å². The molecule has 2 aliphatic carbocycles. The van der Waals surface area contributed by atoms with E-state index in [0.717, 1.165) is 29.5 Å². The number of rotatable bonds is 0. The molecule has 13 heavy (non-hydrogen) atoms. The van der Waals surface area contributed by atoms with Gasteiger partial charge in [-0.15, -0.1) is 0 Å². The van der Waals surface area contributed by atoms with Crippen LogP contribution in [0.4, 0.5) is 0 Å². The van der Waals surface area contributed by atoms with Gasteiger partial charge in [-0.25, -0.2) is 0 Å². The highest BCUT2D eigenvalue weighted by molar-refractivity contribution is 9.11. The molecule has 0 spiro atoms. The first-order valence-electron chi connectivity index (χ1n) is 4.60. The first-order valence-corrected chi connectivity index (χ1v) is 5.39. The predicted octanol–water partition coefficient (Wildman–Crippen LogP) is 3.23. The fourth-order valence-corrected chi connectivity index (χ4v) is 2.50. The molecule has 0 aromatic rings. The van der Waals surface area contributed by atoms with Crippen LogP contribution in [0.5, 0.6) is 0 Å². The van der Waals surface area contributed by atoms with Gasteiger partial charge in [0.25, 0.3) is 0 Å². The molecule has 0 amide bonds. The molecule has 2 rings (SSSR count). The molecule has 2 nitrogen and oxygen atoms in total. The zero-order valence-corrected chi connectivity index (χ0v) is 8.92. The van der Waals surface area contributed by atoms with Gasteiger partial charge in [-0.05, 0) is 43.3 Å². The van der Waals surface area contributed by atoms with E-state index in [0.29, 0.717) is 5.92 Å². The van der Waals surface area contributed by atoms with Crippen LogP contribution in [-0.2, 0) is 0 Å². The van der Waals surface area contributed by atoms with E-state index in [1.54, 1.807) is 0 Å². The maximum Gasteiger partial charge on any atom is 0.0830 e. The lowest BCUT2D eigenvalue weighted by molar-refractivity contribution is 0.315. The summed E-state index contributed by atoms with van der Waals surface area (Å²) in [6.45, 7) is 0. The largest absolute Gasteiger partial charge is 0.411 e. The van der Waals surface area contributed by atoms with Gasteiger partial charge in [0.15, 0.2) is 0 Å². The smallest absolute Gasteiger partial charge is 0.0830 e. The number of hydrogen-bond acceptors (Lipinski definition) is 2. The minimum atomic E-state index is 0.584. The SMILES string of the molecule is ON=C1CCCC2CC=C(Br)C=C12. The fraction of sp³-hybridized carbons (Fsp3) is 0.500. The van der Waals surface area contributed by atoms with E-state index in [-0.39, 0.29) is 0 Å². The summed E-state index contributed by atoms with van der Waals surface area (Å²) < 4.78 is 1.11. The summed E-state index contributed by atoms with van der Waals surface area (Å²) in [5.74, 6) is 0.584. The number of oxime groups is 1. The third-order valence-electron chi connectivity index (χ3n) is 2.75. The number of nitrogens with zero attached hydrogens (tertiary/aromatic N) is 1. The fourth-order valence-electron chi connectivity index (χ4n) is 2.07. The van der Waals surface area contributed by atoms with E-state index >= 15 is 0 Å². The van der Waals surface area contributed by atoms with Crippen molar-refractivity contribution in [3.8, 4) is 0 Å².